The Morgan fingerprint density at radius 2 is 2.13 bits per heavy atom. The Labute approximate surface area is 136 Å². The molecule has 0 aliphatic rings. The number of methoxy groups -OCH3 is 1. The zero-order chi connectivity index (χ0) is 16.8. The second-order valence-electron chi connectivity index (χ2n) is 6.01. The van der Waals surface area contributed by atoms with Gasteiger partial charge in [-0.15, -0.1) is 0 Å². The summed E-state index contributed by atoms with van der Waals surface area (Å²) in [5, 5.41) is 4.52. The Hall–Kier alpha value is -1.62. The van der Waals surface area contributed by atoms with Gasteiger partial charge in [-0.3, -0.25) is 0 Å². The van der Waals surface area contributed by atoms with Gasteiger partial charge in [-0.25, -0.2) is 8.78 Å². The fraction of sp³-hybridized carbons (Fsp3) is 0.556. The number of halogens is 2. The molecular formula is C18H26F2N2O. The van der Waals surface area contributed by atoms with Crippen molar-refractivity contribution < 1.29 is 13.5 Å². The summed E-state index contributed by atoms with van der Waals surface area (Å²) in [6, 6.07) is 4.08. The van der Waals surface area contributed by atoms with E-state index in [4.69, 9.17) is 4.74 Å². The highest BCUT2D eigenvalue weighted by Crippen LogP contribution is 2.30. The molecule has 2 N–H and O–H groups in total. The van der Waals surface area contributed by atoms with Crippen LogP contribution in [0.5, 0.6) is 5.75 Å². The van der Waals surface area contributed by atoms with Crippen molar-refractivity contribution in [3.05, 3.63) is 29.5 Å². The number of aromatic amines is 1. The van der Waals surface area contributed by atoms with Gasteiger partial charge in [-0.2, -0.15) is 0 Å². The van der Waals surface area contributed by atoms with Crippen LogP contribution in [0.1, 0.15) is 37.3 Å². The number of aryl methyl sites for hydroxylation is 1. The molecule has 5 heteroatoms. The molecule has 0 radical (unpaired) electrons. The van der Waals surface area contributed by atoms with Gasteiger partial charge < -0.3 is 15.0 Å². The molecule has 1 aromatic carbocycles. The van der Waals surface area contributed by atoms with Crippen LogP contribution in [-0.4, -0.2) is 25.1 Å². The molecule has 0 bridgehead atoms. The van der Waals surface area contributed by atoms with Crippen LogP contribution in [0.3, 0.4) is 0 Å². The second kappa shape index (κ2) is 8.29. The average Bonchev–Trinajstić information content (AvgIpc) is 3.01. The van der Waals surface area contributed by atoms with E-state index in [1.807, 2.05) is 25.3 Å². The maximum atomic E-state index is 12.5. The van der Waals surface area contributed by atoms with Gasteiger partial charge in [-0.1, -0.05) is 13.3 Å². The molecule has 1 atom stereocenters. The molecule has 0 amide bonds. The van der Waals surface area contributed by atoms with Gasteiger partial charge in [0.25, 0.3) is 0 Å². The highest BCUT2D eigenvalue weighted by molar-refractivity contribution is 5.88. The molecule has 0 saturated carbocycles. The first-order valence-electron chi connectivity index (χ1n) is 8.19. The van der Waals surface area contributed by atoms with E-state index < -0.39 is 6.43 Å². The van der Waals surface area contributed by atoms with Crippen molar-refractivity contribution in [1.82, 2.24) is 10.3 Å². The zero-order valence-electron chi connectivity index (χ0n) is 14.1. The van der Waals surface area contributed by atoms with Crippen LogP contribution in [0.15, 0.2) is 18.3 Å². The third kappa shape index (κ3) is 4.44. The van der Waals surface area contributed by atoms with E-state index in [0.717, 1.165) is 47.2 Å². The number of H-pyrrole nitrogens is 1. The van der Waals surface area contributed by atoms with Gasteiger partial charge in [0.2, 0.25) is 6.43 Å². The van der Waals surface area contributed by atoms with Gasteiger partial charge >= 0.3 is 0 Å². The number of ether oxygens (including phenoxy) is 1. The molecule has 0 spiro atoms. The highest BCUT2D eigenvalue weighted by atomic mass is 19.3. The molecule has 1 aromatic heterocycles. The number of hydrogen-bond acceptors (Lipinski definition) is 2. The number of alkyl halides is 2. The molecule has 128 valence electrons. The molecule has 1 unspecified atom stereocenters. The number of hydrogen-bond donors (Lipinski definition) is 2. The van der Waals surface area contributed by atoms with Crippen LogP contribution >= 0.6 is 0 Å². The SMILES string of the molecule is CCC(CCNCc1c(OC)cc(C)c2[nH]ccc12)CC(F)F. The largest absolute Gasteiger partial charge is 0.496 e. The average molecular weight is 324 g/mol. The summed E-state index contributed by atoms with van der Waals surface area (Å²) < 4.78 is 30.5. The van der Waals surface area contributed by atoms with Crippen LogP contribution in [0.4, 0.5) is 8.78 Å². The van der Waals surface area contributed by atoms with Crippen LogP contribution in [-0.2, 0) is 6.54 Å². The Bertz CT molecular complexity index is 625. The first-order valence-corrected chi connectivity index (χ1v) is 8.19. The molecule has 2 aromatic rings. The van der Waals surface area contributed by atoms with E-state index in [0.29, 0.717) is 6.54 Å². The Kier molecular flexibility index (Phi) is 6.39. The topological polar surface area (TPSA) is 37.0 Å². The standard InChI is InChI=1S/C18H26F2N2O/c1-4-13(10-17(19)20)5-7-21-11-15-14-6-8-22-18(14)12(2)9-16(15)23-3/h6,8-9,13,17,21-22H,4-5,7,10-11H2,1-3H3. The van der Waals surface area contributed by atoms with Gasteiger partial charge in [0.15, 0.2) is 0 Å². The van der Waals surface area contributed by atoms with Gasteiger partial charge in [0.1, 0.15) is 5.75 Å². The number of nitrogens with one attached hydrogen (secondary N) is 2. The molecule has 23 heavy (non-hydrogen) atoms. The van der Waals surface area contributed by atoms with Gasteiger partial charge in [0.05, 0.1) is 7.11 Å². The second-order valence-corrected chi connectivity index (χ2v) is 6.01. The predicted molar refractivity (Wildman–Crippen MR) is 90.3 cm³/mol. The Morgan fingerprint density at radius 1 is 1.35 bits per heavy atom. The van der Waals surface area contributed by atoms with E-state index in [9.17, 15) is 8.78 Å². The lowest BCUT2D eigenvalue weighted by Crippen LogP contribution is -2.19. The number of aromatic nitrogens is 1. The van der Waals surface area contributed by atoms with Crippen molar-refractivity contribution in [2.75, 3.05) is 13.7 Å². The van der Waals surface area contributed by atoms with Crippen molar-refractivity contribution in [2.45, 2.75) is 46.1 Å². The molecule has 0 aliphatic heterocycles. The normalized spacial score (nSPS) is 13.0. The van der Waals surface area contributed by atoms with Crippen LogP contribution in [0, 0.1) is 12.8 Å². The quantitative estimate of drug-likeness (QED) is 0.659. The molecule has 2 rings (SSSR count). The molecule has 0 fully saturated rings. The molecular weight excluding hydrogens is 298 g/mol. The van der Waals surface area contributed by atoms with E-state index in [1.54, 1.807) is 7.11 Å². The summed E-state index contributed by atoms with van der Waals surface area (Å²) >= 11 is 0. The maximum absolute atomic E-state index is 12.5. The van der Waals surface area contributed by atoms with Crippen LogP contribution in [0.25, 0.3) is 10.9 Å². The Morgan fingerprint density at radius 3 is 2.78 bits per heavy atom. The number of fused-ring (bicyclic) bond motifs is 1. The fourth-order valence-electron chi connectivity index (χ4n) is 3.06. The summed E-state index contributed by atoms with van der Waals surface area (Å²) in [4.78, 5) is 3.25. The third-order valence-corrected chi connectivity index (χ3v) is 4.45. The van der Waals surface area contributed by atoms with Crippen molar-refractivity contribution >= 4 is 10.9 Å². The van der Waals surface area contributed by atoms with E-state index in [-0.39, 0.29) is 12.3 Å². The molecule has 0 saturated heterocycles. The minimum absolute atomic E-state index is 0.00586. The van der Waals surface area contributed by atoms with E-state index in [2.05, 4.69) is 17.2 Å². The van der Waals surface area contributed by atoms with Crippen molar-refractivity contribution in [3.63, 3.8) is 0 Å². The Balaban J connectivity index is 1.99. The minimum Gasteiger partial charge on any atom is -0.496 e. The van der Waals surface area contributed by atoms with E-state index in [1.165, 1.54) is 0 Å². The zero-order valence-corrected chi connectivity index (χ0v) is 14.1. The van der Waals surface area contributed by atoms with Crippen LogP contribution in [0.2, 0.25) is 0 Å². The molecule has 3 nitrogen and oxygen atoms in total. The van der Waals surface area contributed by atoms with E-state index >= 15 is 0 Å². The fourth-order valence-corrected chi connectivity index (χ4v) is 3.06. The lowest BCUT2D eigenvalue weighted by Gasteiger charge is -2.16. The number of benzene rings is 1. The lowest BCUT2D eigenvalue weighted by atomic mass is 9.98. The monoisotopic (exact) mass is 324 g/mol. The summed E-state index contributed by atoms with van der Waals surface area (Å²) in [5.74, 6) is 0.941. The number of rotatable bonds is 9. The minimum atomic E-state index is -2.21. The summed E-state index contributed by atoms with van der Waals surface area (Å²) in [6.07, 6.45) is 1.27. The summed E-state index contributed by atoms with van der Waals surface area (Å²) in [6.45, 7) is 5.42. The third-order valence-electron chi connectivity index (χ3n) is 4.45. The van der Waals surface area contributed by atoms with Crippen LogP contribution < -0.4 is 10.1 Å². The van der Waals surface area contributed by atoms with Crippen molar-refractivity contribution in [2.24, 2.45) is 5.92 Å². The predicted octanol–water partition coefficient (Wildman–Crippen LogP) is 4.65. The smallest absolute Gasteiger partial charge is 0.238 e. The molecule has 0 aliphatic carbocycles. The lowest BCUT2D eigenvalue weighted by molar-refractivity contribution is 0.111. The van der Waals surface area contributed by atoms with Crippen molar-refractivity contribution in [1.29, 1.82) is 0 Å². The van der Waals surface area contributed by atoms with Gasteiger partial charge in [-0.05, 0) is 43.5 Å². The first kappa shape index (κ1) is 17.7. The van der Waals surface area contributed by atoms with Gasteiger partial charge in [0, 0.05) is 35.6 Å². The first-order chi connectivity index (χ1) is 11.1. The molecule has 1 heterocycles. The van der Waals surface area contributed by atoms with Crippen molar-refractivity contribution in [3.8, 4) is 5.75 Å². The maximum Gasteiger partial charge on any atom is 0.238 e. The summed E-state index contributed by atoms with van der Waals surface area (Å²) in [5.41, 5.74) is 3.37. The summed E-state index contributed by atoms with van der Waals surface area (Å²) in [7, 11) is 1.67. The highest BCUT2D eigenvalue weighted by Gasteiger charge is 2.14.